The highest BCUT2D eigenvalue weighted by molar-refractivity contribution is 8.00. The minimum atomic E-state index is 0.150. The Morgan fingerprint density at radius 2 is 1.88 bits per heavy atom. The first-order valence-electron chi connectivity index (χ1n) is 5.54. The summed E-state index contributed by atoms with van der Waals surface area (Å²) in [5.41, 5.74) is 6.84. The molecule has 0 unspecified atom stereocenters. The molecule has 1 aromatic rings. The Morgan fingerprint density at radius 3 is 2.38 bits per heavy atom. The first-order valence-corrected chi connectivity index (χ1v) is 6.35. The Kier molecular flexibility index (Phi) is 4.14. The van der Waals surface area contributed by atoms with E-state index >= 15 is 0 Å². The number of anilines is 1. The maximum Gasteiger partial charge on any atom is 0.143 e. The summed E-state index contributed by atoms with van der Waals surface area (Å²) in [6, 6.07) is 5.95. The van der Waals surface area contributed by atoms with Crippen molar-refractivity contribution < 1.29 is 4.74 Å². The molecule has 0 aliphatic heterocycles. The van der Waals surface area contributed by atoms with E-state index in [0.717, 1.165) is 16.3 Å². The molecule has 2 N–H and O–H groups in total. The predicted molar refractivity (Wildman–Crippen MR) is 72.2 cm³/mol. The molecule has 0 fully saturated rings. The van der Waals surface area contributed by atoms with Gasteiger partial charge in [0.25, 0.3) is 0 Å². The van der Waals surface area contributed by atoms with Gasteiger partial charge < -0.3 is 10.5 Å². The zero-order valence-corrected chi connectivity index (χ0v) is 11.5. The maximum atomic E-state index is 6.09. The van der Waals surface area contributed by atoms with E-state index < -0.39 is 0 Å². The Labute approximate surface area is 103 Å². The standard InChI is InChI=1S/C13H21NOS/c1-9(2)15-10-7-6-8-11(12(10)14)16-13(3,4)5/h6-9H,14H2,1-5H3. The number of ether oxygens (including phenoxy) is 1. The molecule has 1 aromatic carbocycles. The van der Waals surface area contributed by atoms with Gasteiger partial charge in [-0.1, -0.05) is 26.8 Å². The van der Waals surface area contributed by atoms with Gasteiger partial charge in [0.05, 0.1) is 11.8 Å². The molecule has 0 atom stereocenters. The Morgan fingerprint density at radius 1 is 1.25 bits per heavy atom. The highest BCUT2D eigenvalue weighted by Gasteiger charge is 2.16. The van der Waals surface area contributed by atoms with Crippen molar-refractivity contribution in [1.29, 1.82) is 0 Å². The smallest absolute Gasteiger partial charge is 0.143 e. The van der Waals surface area contributed by atoms with E-state index in [9.17, 15) is 0 Å². The Hall–Kier alpha value is -0.830. The molecule has 3 heteroatoms. The number of rotatable bonds is 3. The first-order chi connectivity index (χ1) is 7.29. The van der Waals surface area contributed by atoms with Crippen LogP contribution in [0.3, 0.4) is 0 Å². The van der Waals surface area contributed by atoms with Crippen molar-refractivity contribution >= 4 is 17.4 Å². The van der Waals surface area contributed by atoms with Gasteiger partial charge in [-0.15, -0.1) is 11.8 Å². The monoisotopic (exact) mass is 239 g/mol. The summed E-state index contributed by atoms with van der Waals surface area (Å²) < 4.78 is 5.82. The average molecular weight is 239 g/mol. The molecule has 16 heavy (non-hydrogen) atoms. The summed E-state index contributed by atoms with van der Waals surface area (Å²) in [4.78, 5) is 1.09. The summed E-state index contributed by atoms with van der Waals surface area (Å²) in [5.74, 6) is 0.782. The molecule has 0 amide bonds. The van der Waals surface area contributed by atoms with Crippen LogP contribution in [0.1, 0.15) is 34.6 Å². The van der Waals surface area contributed by atoms with Gasteiger partial charge >= 0.3 is 0 Å². The fourth-order valence-corrected chi connectivity index (χ4v) is 2.32. The van der Waals surface area contributed by atoms with Crippen LogP contribution in [-0.4, -0.2) is 10.9 Å². The SMILES string of the molecule is CC(C)Oc1cccc(SC(C)(C)C)c1N. The highest BCUT2D eigenvalue weighted by Crippen LogP contribution is 2.39. The molecule has 0 aliphatic carbocycles. The van der Waals surface area contributed by atoms with Gasteiger partial charge in [0.15, 0.2) is 0 Å². The average Bonchev–Trinajstić information content (AvgIpc) is 2.09. The lowest BCUT2D eigenvalue weighted by Crippen LogP contribution is -2.10. The molecule has 0 spiro atoms. The van der Waals surface area contributed by atoms with Crippen LogP contribution in [0.4, 0.5) is 5.69 Å². The van der Waals surface area contributed by atoms with Crippen molar-refractivity contribution in [3.8, 4) is 5.75 Å². The second-order valence-electron chi connectivity index (χ2n) is 5.05. The van der Waals surface area contributed by atoms with Crippen LogP contribution in [0.5, 0.6) is 5.75 Å². The lowest BCUT2D eigenvalue weighted by molar-refractivity contribution is 0.243. The zero-order valence-electron chi connectivity index (χ0n) is 10.7. The minimum Gasteiger partial charge on any atom is -0.489 e. The van der Waals surface area contributed by atoms with Crippen molar-refractivity contribution in [2.45, 2.75) is 50.4 Å². The predicted octanol–water partition coefficient (Wildman–Crippen LogP) is 3.95. The number of nitrogen functional groups attached to an aromatic ring is 1. The summed E-state index contributed by atoms with van der Waals surface area (Å²) in [6.07, 6.45) is 0.150. The van der Waals surface area contributed by atoms with Crippen LogP contribution in [0, 0.1) is 0 Å². The van der Waals surface area contributed by atoms with Crippen LogP contribution in [0.2, 0.25) is 0 Å². The molecule has 2 nitrogen and oxygen atoms in total. The lowest BCUT2D eigenvalue weighted by Gasteiger charge is -2.20. The number of benzene rings is 1. The molecule has 0 aromatic heterocycles. The second kappa shape index (κ2) is 5.00. The van der Waals surface area contributed by atoms with Gasteiger partial charge in [-0.05, 0) is 26.0 Å². The maximum absolute atomic E-state index is 6.09. The third-order valence-corrected chi connectivity index (χ3v) is 2.99. The van der Waals surface area contributed by atoms with E-state index in [1.165, 1.54) is 0 Å². The van der Waals surface area contributed by atoms with Crippen LogP contribution >= 0.6 is 11.8 Å². The number of thioether (sulfide) groups is 1. The van der Waals surface area contributed by atoms with E-state index in [1.54, 1.807) is 11.8 Å². The fourth-order valence-electron chi connectivity index (χ4n) is 1.30. The topological polar surface area (TPSA) is 35.2 Å². The summed E-state index contributed by atoms with van der Waals surface area (Å²) >= 11 is 1.76. The quantitative estimate of drug-likeness (QED) is 0.641. The fraction of sp³-hybridized carbons (Fsp3) is 0.538. The van der Waals surface area contributed by atoms with E-state index in [2.05, 4.69) is 20.8 Å². The van der Waals surface area contributed by atoms with Crippen molar-refractivity contribution in [3.63, 3.8) is 0 Å². The largest absolute Gasteiger partial charge is 0.489 e. The van der Waals surface area contributed by atoms with Crippen molar-refractivity contribution in [3.05, 3.63) is 18.2 Å². The Bertz CT molecular complexity index is 355. The van der Waals surface area contributed by atoms with Gasteiger partial charge in [-0.2, -0.15) is 0 Å². The van der Waals surface area contributed by atoms with Crippen molar-refractivity contribution in [2.75, 3.05) is 5.73 Å². The number of para-hydroxylation sites is 1. The van der Waals surface area contributed by atoms with Crippen LogP contribution in [-0.2, 0) is 0 Å². The molecule has 0 aliphatic rings. The van der Waals surface area contributed by atoms with E-state index in [4.69, 9.17) is 10.5 Å². The summed E-state index contributed by atoms with van der Waals surface area (Å²) in [5, 5.41) is 0. The molecule has 0 saturated carbocycles. The van der Waals surface area contributed by atoms with E-state index in [1.807, 2.05) is 32.0 Å². The molecule has 0 saturated heterocycles. The van der Waals surface area contributed by atoms with Gasteiger partial charge in [0, 0.05) is 9.64 Å². The second-order valence-corrected chi connectivity index (χ2v) is 6.92. The number of hydrogen-bond donors (Lipinski definition) is 1. The minimum absolute atomic E-state index is 0.150. The zero-order chi connectivity index (χ0) is 12.3. The molecule has 0 bridgehead atoms. The third-order valence-electron chi connectivity index (χ3n) is 1.80. The summed E-state index contributed by atoms with van der Waals surface area (Å²) in [7, 11) is 0. The third kappa shape index (κ3) is 3.97. The van der Waals surface area contributed by atoms with Gasteiger partial charge in [0.2, 0.25) is 0 Å². The van der Waals surface area contributed by atoms with Crippen LogP contribution in [0.15, 0.2) is 23.1 Å². The Balaban J connectivity index is 2.95. The van der Waals surface area contributed by atoms with E-state index in [-0.39, 0.29) is 10.9 Å². The molecule has 1 rings (SSSR count). The van der Waals surface area contributed by atoms with Crippen molar-refractivity contribution in [1.82, 2.24) is 0 Å². The van der Waals surface area contributed by atoms with Gasteiger partial charge in [0.1, 0.15) is 5.75 Å². The first kappa shape index (κ1) is 13.2. The van der Waals surface area contributed by atoms with Crippen LogP contribution < -0.4 is 10.5 Å². The van der Waals surface area contributed by atoms with Gasteiger partial charge in [-0.25, -0.2) is 0 Å². The van der Waals surface area contributed by atoms with Crippen LogP contribution in [0.25, 0.3) is 0 Å². The van der Waals surface area contributed by atoms with Crippen molar-refractivity contribution in [2.24, 2.45) is 0 Å². The molecular weight excluding hydrogens is 218 g/mol. The van der Waals surface area contributed by atoms with Gasteiger partial charge in [-0.3, -0.25) is 0 Å². The lowest BCUT2D eigenvalue weighted by atomic mass is 10.2. The molecule has 0 radical (unpaired) electrons. The highest BCUT2D eigenvalue weighted by atomic mass is 32.2. The molecule has 90 valence electrons. The van der Waals surface area contributed by atoms with E-state index in [0.29, 0.717) is 0 Å². The number of nitrogens with two attached hydrogens (primary N) is 1. The number of hydrogen-bond acceptors (Lipinski definition) is 3. The summed E-state index contributed by atoms with van der Waals surface area (Å²) in [6.45, 7) is 10.5. The normalized spacial score (nSPS) is 11.9. The molecule has 0 heterocycles. The molecular formula is C13H21NOS.